The highest BCUT2D eigenvalue weighted by atomic mass is 32.2. The molecule has 0 rings (SSSR count). The van der Waals surface area contributed by atoms with Crippen LogP contribution >= 0.6 is 11.8 Å². The number of aliphatic hydroxyl groups is 1. The molecule has 0 bridgehead atoms. The quantitative estimate of drug-likeness (QED) is 0.601. The lowest BCUT2D eigenvalue weighted by atomic mass is 10.2. The van der Waals surface area contributed by atoms with Crippen molar-refractivity contribution >= 4 is 11.8 Å². The van der Waals surface area contributed by atoms with Gasteiger partial charge in [-0.2, -0.15) is 11.8 Å². The van der Waals surface area contributed by atoms with E-state index in [0.29, 0.717) is 11.3 Å². The Morgan fingerprint density at radius 3 is 2.50 bits per heavy atom. The lowest BCUT2D eigenvalue weighted by molar-refractivity contribution is 0.300. The van der Waals surface area contributed by atoms with Crippen LogP contribution in [0.3, 0.4) is 0 Å². The third-order valence-corrected chi connectivity index (χ3v) is 2.96. The van der Waals surface area contributed by atoms with Gasteiger partial charge in [0.05, 0.1) is 6.61 Å². The molecule has 0 aromatic carbocycles. The van der Waals surface area contributed by atoms with Gasteiger partial charge in [-0.05, 0) is 25.5 Å². The Kier molecular flexibility index (Phi) is 8.07. The smallest absolute Gasteiger partial charge is 0.0547 e. The molecule has 0 aliphatic rings. The third-order valence-electron chi connectivity index (χ3n) is 1.71. The van der Waals surface area contributed by atoms with Gasteiger partial charge in [-0.25, -0.2) is 0 Å². The lowest BCUT2D eigenvalue weighted by Gasteiger charge is -2.07. The SMILES string of the molecule is CC(N)CCCCSC(C)CO. The van der Waals surface area contributed by atoms with Gasteiger partial charge in [-0.3, -0.25) is 0 Å². The second kappa shape index (κ2) is 7.90. The first-order valence-corrected chi connectivity index (χ1v) is 5.69. The largest absolute Gasteiger partial charge is 0.395 e. The maximum Gasteiger partial charge on any atom is 0.0547 e. The summed E-state index contributed by atoms with van der Waals surface area (Å²) in [5.74, 6) is 1.15. The van der Waals surface area contributed by atoms with E-state index in [4.69, 9.17) is 10.8 Å². The molecule has 0 aromatic heterocycles. The molecule has 0 aliphatic carbocycles. The van der Waals surface area contributed by atoms with Crippen molar-refractivity contribution in [1.82, 2.24) is 0 Å². The number of hydrogen-bond donors (Lipinski definition) is 2. The van der Waals surface area contributed by atoms with Crippen LogP contribution in [0.15, 0.2) is 0 Å². The molecule has 2 nitrogen and oxygen atoms in total. The Bertz CT molecular complexity index is 98.5. The van der Waals surface area contributed by atoms with Crippen molar-refractivity contribution in [3.05, 3.63) is 0 Å². The summed E-state index contributed by atoms with van der Waals surface area (Å²) in [5, 5.41) is 9.13. The number of aliphatic hydroxyl groups excluding tert-OH is 1. The molecular weight excluding hydrogens is 170 g/mol. The number of hydrogen-bond acceptors (Lipinski definition) is 3. The first-order chi connectivity index (χ1) is 5.66. The van der Waals surface area contributed by atoms with Crippen LogP contribution in [-0.2, 0) is 0 Å². The second-order valence-electron chi connectivity index (χ2n) is 3.34. The first-order valence-electron chi connectivity index (χ1n) is 4.65. The lowest BCUT2D eigenvalue weighted by Crippen LogP contribution is -2.14. The van der Waals surface area contributed by atoms with Crippen molar-refractivity contribution in [3.8, 4) is 0 Å². The standard InChI is InChI=1S/C9H21NOS/c1-8(10)5-3-4-6-12-9(2)7-11/h8-9,11H,3-7,10H2,1-2H3. The Morgan fingerprint density at radius 2 is 2.00 bits per heavy atom. The van der Waals surface area contributed by atoms with E-state index in [1.54, 1.807) is 0 Å². The van der Waals surface area contributed by atoms with Crippen LogP contribution in [0.2, 0.25) is 0 Å². The second-order valence-corrected chi connectivity index (χ2v) is 4.88. The van der Waals surface area contributed by atoms with E-state index in [0.717, 1.165) is 12.2 Å². The third kappa shape index (κ3) is 8.37. The van der Waals surface area contributed by atoms with E-state index >= 15 is 0 Å². The topological polar surface area (TPSA) is 46.2 Å². The number of rotatable bonds is 7. The van der Waals surface area contributed by atoms with Gasteiger partial charge < -0.3 is 10.8 Å². The summed E-state index contributed by atoms with van der Waals surface area (Å²) in [7, 11) is 0. The Labute approximate surface area is 79.9 Å². The summed E-state index contributed by atoms with van der Waals surface area (Å²) in [6.07, 6.45) is 3.55. The van der Waals surface area contributed by atoms with Crippen molar-refractivity contribution < 1.29 is 5.11 Å². The molecule has 2 atom stereocenters. The molecule has 0 saturated heterocycles. The minimum atomic E-state index is 0.290. The molecule has 3 N–H and O–H groups in total. The van der Waals surface area contributed by atoms with Gasteiger partial charge in [0, 0.05) is 11.3 Å². The Hall–Kier alpha value is 0.270. The summed E-state index contributed by atoms with van der Waals surface area (Å²) >= 11 is 1.84. The van der Waals surface area contributed by atoms with Crippen molar-refractivity contribution in [2.45, 2.75) is 44.4 Å². The van der Waals surface area contributed by atoms with E-state index in [2.05, 4.69) is 6.92 Å². The molecule has 3 heteroatoms. The molecule has 0 aromatic rings. The maximum absolute atomic E-state index is 8.74. The van der Waals surface area contributed by atoms with E-state index in [1.807, 2.05) is 18.7 Å². The highest BCUT2D eigenvalue weighted by Crippen LogP contribution is 2.12. The van der Waals surface area contributed by atoms with Crippen LogP contribution in [0.5, 0.6) is 0 Å². The van der Waals surface area contributed by atoms with Crippen molar-refractivity contribution in [2.75, 3.05) is 12.4 Å². The van der Waals surface area contributed by atoms with Gasteiger partial charge >= 0.3 is 0 Å². The van der Waals surface area contributed by atoms with Gasteiger partial charge in [-0.1, -0.05) is 13.3 Å². The molecule has 2 unspecified atom stereocenters. The predicted octanol–water partition coefficient (Wildman–Crippen LogP) is 1.62. The summed E-state index contributed by atoms with van der Waals surface area (Å²) in [5.41, 5.74) is 5.61. The zero-order chi connectivity index (χ0) is 9.40. The minimum absolute atomic E-state index is 0.290. The van der Waals surface area contributed by atoms with Crippen molar-refractivity contribution in [1.29, 1.82) is 0 Å². The average Bonchev–Trinajstić information content (AvgIpc) is 2.03. The summed E-state index contributed by atoms with van der Waals surface area (Å²) in [4.78, 5) is 0. The molecule has 0 radical (unpaired) electrons. The number of unbranched alkanes of at least 4 members (excludes halogenated alkanes) is 1. The van der Waals surface area contributed by atoms with E-state index in [9.17, 15) is 0 Å². The molecule has 0 saturated carbocycles. The highest BCUT2D eigenvalue weighted by molar-refractivity contribution is 7.99. The molecule has 0 fully saturated rings. The molecule has 0 spiro atoms. The molecular formula is C9H21NOS. The fourth-order valence-corrected chi connectivity index (χ4v) is 1.78. The maximum atomic E-state index is 8.74. The van der Waals surface area contributed by atoms with Crippen molar-refractivity contribution in [3.63, 3.8) is 0 Å². The van der Waals surface area contributed by atoms with Crippen LogP contribution in [0.4, 0.5) is 0 Å². The zero-order valence-corrected chi connectivity index (χ0v) is 8.94. The van der Waals surface area contributed by atoms with Gasteiger partial charge in [0.25, 0.3) is 0 Å². The Morgan fingerprint density at radius 1 is 1.33 bits per heavy atom. The van der Waals surface area contributed by atoms with Gasteiger partial charge in [0.1, 0.15) is 0 Å². The molecule has 74 valence electrons. The van der Waals surface area contributed by atoms with Gasteiger partial charge in [-0.15, -0.1) is 0 Å². The number of thioether (sulfide) groups is 1. The Balaban J connectivity index is 3.00. The fourth-order valence-electron chi connectivity index (χ4n) is 0.906. The zero-order valence-electron chi connectivity index (χ0n) is 8.12. The molecule has 0 heterocycles. The minimum Gasteiger partial charge on any atom is -0.395 e. The van der Waals surface area contributed by atoms with Gasteiger partial charge in [0.15, 0.2) is 0 Å². The molecule has 0 aliphatic heterocycles. The molecule has 12 heavy (non-hydrogen) atoms. The normalized spacial score (nSPS) is 16.0. The van der Waals surface area contributed by atoms with Crippen LogP contribution in [0.1, 0.15) is 33.1 Å². The van der Waals surface area contributed by atoms with Gasteiger partial charge in [0.2, 0.25) is 0 Å². The average molecular weight is 191 g/mol. The number of nitrogens with two attached hydrogens (primary N) is 1. The fraction of sp³-hybridized carbons (Fsp3) is 1.00. The monoisotopic (exact) mass is 191 g/mol. The van der Waals surface area contributed by atoms with E-state index < -0.39 is 0 Å². The van der Waals surface area contributed by atoms with Crippen LogP contribution in [0, 0.1) is 0 Å². The summed E-state index contributed by atoms with van der Waals surface area (Å²) in [6.45, 7) is 4.39. The summed E-state index contributed by atoms with van der Waals surface area (Å²) in [6, 6.07) is 0.338. The van der Waals surface area contributed by atoms with Crippen molar-refractivity contribution in [2.24, 2.45) is 5.73 Å². The summed E-state index contributed by atoms with van der Waals surface area (Å²) < 4.78 is 0. The van der Waals surface area contributed by atoms with Crippen LogP contribution < -0.4 is 5.73 Å². The first kappa shape index (κ1) is 12.3. The highest BCUT2D eigenvalue weighted by Gasteiger charge is 1.99. The van der Waals surface area contributed by atoms with E-state index in [1.165, 1.54) is 12.8 Å². The predicted molar refractivity (Wildman–Crippen MR) is 56.5 cm³/mol. The van der Waals surface area contributed by atoms with E-state index in [-0.39, 0.29) is 6.61 Å². The van der Waals surface area contributed by atoms with Crippen LogP contribution in [-0.4, -0.2) is 28.8 Å². The van der Waals surface area contributed by atoms with Crippen LogP contribution in [0.25, 0.3) is 0 Å². The molecule has 0 amide bonds.